The molecule has 1 aliphatic carbocycles. The molecule has 196 valence electrons. The Bertz CT molecular complexity index is 1010. The summed E-state index contributed by atoms with van der Waals surface area (Å²) in [6.45, 7) is 3.67. The highest BCUT2D eigenvalue weighted by Crippen LogP contribution is 2.48. The third-order valence-corrected chi connectivity index (χ3v) is 6.91. The van der Waals surface area contributed by atoms with Gasteiger partial charge in [-0.3, -0.25) is 0 Å². The molecule has 0 amide bonds. The first-order chi connectivity index (χ1) is 17.2. The lowest BCUT2D eigenvalue weighted by Gasteiger charge is -2.49. The van der Waals surface area contributed by atoms with Gasteiger partial charge in [0.1, 0.15) is 18.1 Å². The van der Waals surface area contributed by atoms with Gasteiger partial charge in [0.05, 0.1) is 17.2 Å². The van der Waals surface area contributed by atoms with Crippen LogP contribution in [0.15, 0.2) is 54.6 Å². The van der Waals surface area contributed by atoms with Crippen LogP contribution in [0.1, 0.15) is 44.6 Å². The van der Waals surface area contributed by atoms with Gasteiger partial charge in [-0.15, -0.1) is 0 Å². The van der Waals surface area contributed by atoms with Crippen molar-refractivity contribution < 1.29 is 29.3 Å². The van der Waals surface area contributed by atoms with Crippen molar-refractivity contribution in [1.29, 1.82) is 0 Å². The van der Waals surface area contributed by atoms with Crippen molar-refractivity contribution in [3.05, 3.63) is 70.2 Å². The lowest BCUT2D eigenvalue weighted by atomic mass is 9.59. The highest BCUT2D eigenvalue weighted by Gasteiger charge is 2.44. The zero-order chi connectivity index (χ0) is 26.6. The molecule has 0 saturated heterocycles. The second-order valence-electron chi connectivity index (χ2n) is 8.47. The van der Waals surface area contributed by atoms with Crippen LogP contribution in [0.5, 0.6) is 11.5 Å². The number of hydrogen-bond donors (Lipinski definition) is 3. The fraction of sp³-hybridized carbons (Fsp3) is 0.407. The van der Waals surface area contributed by atoms with Gasteiger partial charge >= 0.3 is 11.9 Å². The minimum Gasteiger partial charge on any atom is -0.497 e. The second-order valence-corrected chi connectivity index (χ2v) is 9.28. The molecule has 1 aliphatic rings. The first-order valence-electron chi connectivity index (χ1n) is 11.8. The standard InChI is InChI=1S/C23H29Cl2NO2.C4H4O4/c1-3-5-22(26-14-15-28-19-9-7-18(27-2)8-10-19)23(12-4-13-23)17-6-11-20(24)21(25)16-17;5-3(6)1-2-4(7)8/h6-11,16,22,26H,3-5,12-15H2,1-2H3;1-2H,(H,5,6)(H,7,8). The van der Waals surface area contributed by atoms with Crippen molar-refractivity contribution in [2.45, 2.75) is 50.5 Å². The Morgan fingerprint density at radius 1 is 1.03 bits per heavy atom. The molecule has 1 atom stereocenters. The first kappa shape index (κ1) is 29.5. The maximum absolute atomic E-state index is 9.55. The van der Waals surface area contributed by atoms with Crippen molar-refractivity contribution >= 4 is 35.1 Å². The van der Waals surface area contributed by atoms with Gasteiger partial charge in [-0.05, 0) is 61.2 Å². The molecule has 3 rings (SSSR count). The molecule has 1 saturated carbocycles. The molecule has 0 aliphatic heterocycles. The Labute approximate surface area is 222 Å². The second kappa shape index (κ2) is 14.7. The maximum Gasteiger partial charge on any atom is 0.328 e. The molecule has 36 heavy (non-hydrogen) atoms. The Hall–Kier alpha value is -2.74. The number of hydrogen-bond acceptors (Lipinski definition) is 5. The number of ether oxygens (including phenoxy) is 2. The molecule has 2 aromatic carbocycles. The predicted octanol–water partition coefficient (Wildman–Crippen LogP) is 5.97. The molecule has 7 nitrogen and oxygen atoms in total. The van der Waals surface area contributed by atoms with Crippen LogP contribution in [-0.4, -0.2) is 48.5 Å². The van der Waals surface area contributed by atoms with Gasteiger partial charge in [-0.1, -0.05) is 49.0 Å². The van der Waals surface area contributed by atoms with E-state index in [-0.39, 0.29) is 5.41 Å². The molecule has 9 heteroatoms. The zero-order valence-electron chi connectivity index (χ0n) is 20.5. The molecule has 1 fully saturated rings. The van der Waals surface area contributed by atoms with E-state index >= 15 is 0 Å². The molecular weight excluding hydrogens is 505 g/mol. The number of benzene rings is 2. The minimum absolute atomic E-state index is 0.143. The number of methoxy groups -OCH3 is 1. The number of carboxylic acids is 2. The van der Waals surface area contributed by atoms with E-state index in [0.29, 0.717) is 34.8 Å². The number of rotatable bonds is 12. The summed E-state index contributed by atoms with van der Waals surface area (Å²) in [6, 6.07) is 14.2. The maximum atomic E-state index is 9.55. The zero-order valence-corrected chi connectivity index (χ0v) is 22.0. The Morgan fingerprint density at radius 3 is 2.11 bits per heavy atom. The predicted molar refractivity (Wildman–Crippen MR) is 142 cm³/mol. The average molecular weight is 538 g/mol. The van der Waals surface area contributed by atoms with Crippen molar-refractivity contribution in [3.8, 4) is 11.5 Å². The Morgan fingerprint density at radius 2 is 1.64 bits per heavy atom. The lowest BCUT2D eigenvalue weighted by Crippen LogP contribution is -2.53. The largest absolute Gasteiger partial charge is 0.497 e. The van der Waals surface area contributed by atoms with Crippen molar-refractivity contribution in [2.24, 2.45) is 0 Å². The third kappa shape index (κ3) is 8.73. The molecule has 1 unspecified atom stereocenters. The quantitative estimate of drug-likeness (QED) is 0.226. The van der Waals surface area contributed by atoms with Gasteiger partial charge in [0.2, 0.25) is 0 Å². The van der Waals surface area contributed by atoms with Crippen molar-refractivity contribution in [1.82, 2.24) is 5.32 Å². The molecule has 0 spiro atoms. The summed E-state index contributed by atoms with van der Waals surface area (Å²) in [6.07, 6.45) is 7.00. The number of carbonyl (C=O) groups is 2. The highest BCUT2D eigenvalue weighted by atomic mass is 35.5. The summed E-state index contributed by atoms with van der Waals surface area (Å²) in [5.74, 6) is -0.820. The number of nitrogens with one attached hydrogen (secondary N) is 1. The monoisotopic (exact) mass is 537 g/mol. The fourth-order valence-corrected chi connectivity index (χ4v) is 4.58. The topological polar surface area (TPSA) is 105 Å². The van der Waals surface area contributed by atoms with Crippen LogP contribution in [0, 0.1) is 0 Å². The summed E-state index contributed by atoms with van der Waals surface area (Å²) in [4.78, 5) is 19.1. The molecule has 3 N–H and O–H groups in total. The van der Waals surface area contributed by atoms with Crippen molar-refractivity contribution in [2.75, 3.05) is 20.3 Å². The van der Waals surface area contributed by atoms with Crippen LogP contribution in [0.4, 0.5) is 0 Å². The van der Waals surface area contributed by atoms with Gasteiger partial charge in [0.25, 0.3) is 0 Å². The van der Waals surface area contributed by atoms with Crippen LogP contribution in [-0.2, 0) is 15.0 Å². The average Bonchev–Trinajstić information content (AvgIpc) is 2.82. The van der Waals surface area contributed by atoms with E-state index in [1.54, 1.807) is 7.11 Å². The van der Waals surface area contributed by atoms with E-state index in [1.807, 2.05) is 30.3 Å². The molecule has 0 bridgehead atoms. The number of carboxylic acid groups (broad SMARTS) is 2. The van der Waals surface area contributed by atoms with E-state index in [1.165, 1.54) is 24.8 Å². The summed E-state index contributed by atoms with van der Waals surface area (Å²) < 4.78 is 11.1. The Kier molecular flexibility index (Phi) is 12.1. The lowest BCUT2D eigenvalue weighted by molar-refractivity contribution is -0.134. The minimum atomic E-state index is -1.26. The summed E-state index contributed by atoms with van der Waals surface area (Å²) in [7, 11) is 1.66. The van der Waals surface area contributed by atoms with E-state index in [0.717, 1.165) is 30.9 Å². The van der Waals surface area contributed by atoms with Gasteiger partial charge in [0.15, 0.2) is 0 Å². The van der Waals surface area contributed by atoms with Gasteiger partial charge in [-0.2, -0.15) is 0 Å². The molecule has 2 aromatic rings. The van der Waals surface area contributed by atoms with Crippen LogP contribution < -0.4 is 14.8 Å². The smallest absolute Gasteiger partial charge is 0.328 e. The highest BCUT2D eigenvalue weighted by molar-refractivity contribution is 6.42. The number of aliphatic carboxylic acids is 2. The van der Waals surface area contributed by atoms with Crippen LogP contribution in [0.3, 0.4) is 0 Å². The first-order valence-corrected chi connectivity index (χ1v) is 12.6. The van der Waals surface area contributed by atoms with Crippen LogP contribution in [0.25, 0.3) is 0 Å². The summed E-state index contributed by atoms with van der Waals surface area (Å²) in [5, 5.41) is 20.6. The molecule has 0 heterocycles. The Balaban J connectivity index is 0.000000493. The third-order valence-electron chi connectivity index (χ3n) is 6.17. The normalized spacial score (nSPS) is 14.8. The molecule has 0 aromatic heterocycles. The van der Waals surface area contributed by atoms with E-state index in [2.05, 4.69) is 24.4 Å². The van der Waals surface area contributed by atoms with Gasteiger partial charge in [-0.25, -0.2) is 9.59 Å². The fourth-order valence-electron chi connectivity index (χ4n) is 4.28. The summed E-state index contributed by atoms with van der Waals surface area (Å²) >= 11 is 12.5. The number of halogens is 2. The van der Waals surface area contributed by atoms with Crippen LogP contribution in [0.2, 0.25) is 10.0 Å². The van der Waals surface area contributed by atoms with Crippen LogP contribution >= 0.6 is 23.2 Å². The molecule has 0 radical (unpaired) electrons. The van der Waals surface area contributed by atoms with Gasteiger partial charge in [0, 0.05) is 30.2 Å². The molecular formula is C27H33Cl2NO6. The van der Waals surface area contributed by atoms with Crippen molar-refractivity contribution in [3.63, 3.8) is 0 Å². The summed E-state index contributed by atoms with van der Waals surface area (Å²) in [5.41, 5.74) is 1.44. The van der Waals surface area contributed by atoms with Gasteiger partial charge < -0.3 is 25.0 Å². The van der Waals surface area contributed by atoms with E-state index in [9.17, 15) is 9.59 Å². The SMILES string of the molecule is CCCC(NCCOc1ccc(OC)cc1)C1(c2ccc(Cl)c(Cl)c2)CCC1.O=C(O)C=CC(=O)O. The van der Waals surface area contributed by atoms with E-state index in [4.69, 9.17) is 42.9 Å². The van der Waals surface area contributed by atoms with E-state index < -0.39 is 11.9 Å².